The Labute approximate surface area is 90.9 Å². The molecule has 0 aliphatic rings. The van der Waals surface area contributed by atoms with Crippen LogP contribution in [-0.2, 0) is 0 Å². The standard InChI is InChI=1S/C10H12F3NS/c1-7-6-8(2-3-9(7)14)15-5-4-10(11,12)13/h2-3,6H,4-5,14H2,1H3. The molecule has 0 fully saturated rings. The fourth-order valence-electron chi connectivity index (χ4n) is 1.02. The van der Waals surface area contributed by atoms with Gasteiger partial charge in [-0.15, -0.1) is 11.8 Å². The van der Waals surface area contributed by atoms with E-state index < -0.39 is 12.6 Å². The zero-order valence-corrected chi connectivity index (χ0v) is 9.08. The topological polar surface area (TPSA) is 26.0 Å². The molecular formula is C10H12F3NS. The predicted molar refractivity (Wildman–Crippen MR) is 57.0 cm³/mol. The Hall–Kier alpha value is -0.840. The molecular weight excluding hydrogens is 223 g/mol. The molecule has 0 spiro atoms. The first-order valence-corrected chi connectivity index (χ1v) is 5.43. The normalized spacial score (nSPS) is 11.7. The van der Waals surface area contributed by atoms with E-state index in [-0.39, 0.29) is 5.75 Å². The Morgan fingerprint density at radius 3 is 2.53 bits per heavy atom. The molecule has 0 radical (unpaired) electrons. The maximum absolute atomic E-state index is 11.9. The Kier molecular flexibility index (Phi) is 3.90. The number of nitrogen functional groups attached to an aromatic ring is 1. The van der Waals surface area contributed by atoms with E-state index in [4.69, 9.17) is 5.73 Å². The molecule has 0 saturated carbocycles. The average Bonchev–Trinajstić information content (AvgIpc) is 2.09. The second-order valence-corrected chi connectivity index (χ2v) is 4.40. The maximum Gasteiger partial charge on any atom is 0.389 e. The van der Waals surface area contributed by atoms with Crippen molar-refractivity contribution in [1.29, 1.82) is 0 Å². The van der Waals surface area contributed by atoms with Crippen molar-refractivity contribution in [3.8, 4) is 0 Å². The van der Waals surface area contributed by atoms with Crippen LogP contribution in [0.4, 0.5) is 18.9 Å². The van der Waals surface area contributed by atoms with Gasteiger partial charge >= 0.3 is 6.18 Å². The summed E-state index contributed by atoms with van der Waals surface area (Å²) in [5, 5.41) is 0. The smallest absolute Gasteiger partial charge is 0.389 e. The third kappa shape index (κ3) is 4.46. The van der Waals surface area contributed by atoms with Crippen LogP contribution in [0.1, 0.15) is 12.0 Å². The van der Waals surface area contributed by atoms with Gasteiger partial charge in [0.05, 0.1) is 6.42 Å². The quantitative estimate of drug-likeness (QED) is 0.639. The lowest BCUT2D eigenvalue weighted by Crippen LogP contribution is -2.07. The predicted octanol–water partition coefficient (Wildman–Crippen LogP) is 3.62. The van der Waals surface area contributed by atoms with Crippen molar-refractivity contribution in [3.63, 3.8) is 0 Å². The first kappa shape index (κ1) is 12.2. The van der Waals surface area contributed by atoms with Crippen LogP contribution in [0.5, 0.6) is 0 Å². The highest BCUT2D eigenvalue weighted by Gasteiger charge is 2.26. The molecule has 0 saturated heterocycles. The molecule has 0 aliphatic carbocycles. The van der Waals surface area contributed by atoms with Gasteiger partial charge in [0.1, 0.15) is 0 Å². The van der Waals surface area contributed by atoms with Gasteiger partial charge < -0.3 is 5.73 Å². The van der Waals surface area contributed by atoms with Gasteiger partial charge in [-0.3, -0.25) is 0 Å². The Morgan fingerprint density at radius 2 is 2.00 bits per heavy atom. The molecule has 1 rings (SSSR count). The van der Waals surface area contributed by atoms with Gasteiger partial charge in [-0.25, -0.2) is 0 Å². The van der Waals surface area contributed by atoms with E-state index in [1.54, 1.807) is 18.2 Å². The molecule has 0 atom stereocenters. The number of rotatable bonds is 3. The number of thioether (sulfide) groups is 1. The number of hydrogen-bond donors (Lipinski definition) is 1. The summed E-state index contributed by atoms with van der Waals surface area (Å²) in [6.07, 6.45) is -4.84. The van der Waals surface area contributed by atoms with Crippen LogP contribution in [-0.4, -0.2) is 11.9 Å². The van der Waals surface area contributed by atoms with E-state index in [9.17, 15) is 13.2 Å². The zero-order valence-electron chi connectivity index (χ0n) is 8.27. The Bertz CT molecular complexity index is 336. The van der Waals surface area contributed by atoms with E-state index in [2.05, 4.69) is 0 Å². The lowest BCUT2D eigenvalue weighted by molar-refractivity contribution is -0.129. The van der Waals surface area contributed by atoms with E-state index in [0.717, 1.165) is 10.5 Å². The SMILES string of the molecule is Cc1cc(SCCC(F)(F)F)ccc1N. The lowest BCUT2D eigenvalue weighted by atomic mass is 10.2. The summed E-state index contributed by atoms with van der Waals surface area (Å²) in [6, 6.07) is 5.25. The summed E-state index contributed by atoms with van der Waals surface area (Å²) in [5.41, 5.74) is 7.15. The molecule has 5 heteroatoms. The van der Waals surface area contributed by atoms with Crippen LogP contribution in [0, 0.1) is 6.92 Å². The number of halogens is 3. The molecule has 0 aliphatic heterocycles. The summed E-state index contributed by atoms with van der Waals surface area (Å²) >= 11 is 1.19. The number of anilines is 1. The molecule has 0 amide bonds. The van der Waals surface area contributed by atoms with Gasteiger partial charge in [0.15, 0.2) is 0 Å². The molecule has 84 valence electrons. The first-order valence-electron chi connectivity index (χ1n) is 4.44. The number of aryl methyl sites for hydroxylation is 1. The van der Waals surface area contributed by atoms with Crippen molar-refractivity contribution in [2.24, 2.45) is 0 Å². The number of alkyl halides is 3. The van der Waals surface area contributed by atoms with Crippen LogP contribution in [0.2, 0.25) is 0 Å². The second-order valence-electron chi connectivity index (χ2n) is 3.23. The summed E-state index contributed by atoms with van der Waals surface area (Å²) in [6.45, 7) is 1.84. The average molecular weight is 235 g/mol. The van der Waals surface area contributed by atoms with Gasteiger partial charge in [-0.2, -0.15) is 13.2 Å². The fourth-order valence-corrected chi connectivity index (χ4v) is 2.02. The summed E-state index contributed by atoms with van der Waals surface area (Å²) in [5.74, 6) is 0.0485. The van der Waals surface area contributed by atoms with Crippen LogP contribution in [0.15, 0.2) is 23.1 Å². The zero-order chi connectivity index (χ0) is 11.5. The highest BCUT2D eigenvalue weighted by atomic mass is 32.2. The van der Waals surface area contributed by atoms with Crippen LogP contribution >= 0.6 is 11.8 Å². The highest BCUT2D eigenvalue weighted by Crippen LogP contribution is 2.27. The van der Waals surface area contributed by atoms with E-state index in [0.29, 0.717) is 5.69 Å². The van der Waals surface area contributed by atoms with Gasteiger partial charge in [0.2, 0.25) is 0 Å². The van der Waals surface area contributed by atoms with Crippen LogP contribution < -0.4 is 5.73 Å². The molecule has 2 N–H and O–H groups in total. The van der Waals surface area contributed by atoms with Crippen molar-refractivity contribution in [2.75, 3.05) is 11.5 Å². The Morgan fingerprint density at radius 1 is 1.33 bits per heavy atom. The third-order valence-corrected chi connectivity index (χ3v) is 2.89. The number of benzene rings is 1. The summed E-state index contributed by atoms with van der Waals surface area (Å²) < 4.78 is 35.6. The second kappa shape index (κ2) is 4.79. The van der Waals surface area contributed by atoms with Crippen molar-refractivity contribution in [2.45, 2.75) is 24.4 Å². The van der Waals surface area contributed by atoms with Crippen molar-refractivity contribution in [1.82, 2.24) is 0 Å². The van der Waals surface area contributed by atoms with Gasteiger partial charge in [0.25, 0.3) is 0 Å². The Balaban J connectivity index is 2.48. The minimum absolute atomic E-state index is 0.0485. The molecule has 1 nitrogen and oxygen atoms in total. The number of hydrogen-bond acceptors (Lipinski definition) is 2. The van der Waals surface area contributed by atoms with Crippen molar-refractivity contribution < 1.29 is 13.2 Å². The maximum atomic E-state index is 11.9. The van der Waals surface area contributed by atoms with Crippen LogP contribution in [0.25, 0.3) is 0 Å². The van der Waals surface area contributed by atoms with Crippen LogP contribution in [0.3, 0.4) is 0 Å². The van der Waals surface area contributed by atoms with Gasteiger partial charge in [-0.05, 0) is 30.7 Å². The third-order valence-electron chi connectivity index (χ3n) is 1.90. The molecule has 0 bridgehead atoms. The van der Waals surface area contributed by atoms with Crippen molar-refractivity contribution in [3.05, 3.63) is 23.8 Å². The monoisotopic (exact) mass is 235 g/mol. The van der Waals surface area contributed by atoms with Gasteiger partial charge in [-0.1, -0.05) is 0 Å². The minimum Gasteiger partial charge on any atom is -0.399 e. The molecule has 0 heterocycles. The molecule has 0 aromatic heterocycles. The fraction of sp³-hybridized carbons (Fsp3) is 0.400. The van der Waals surface area contributed by atoms with E-state index >= 15 is 0 Å². The van der Waals surface area contributed by atoms with E-state index in [1.807, 2.05) is 6.92 Å². The van der Waals surface area contributed by atoms with E-state index in [1.165, 1.54) is 11.8 Å². The number of nitrogens with two attached hydrogens (primary N) is 1. The summed E-state index contributed by atoms with van der Waals surface area (Å²) in [4.78, 5) is 0.825. The first-order chi connectivity index (χ1) is 6.88. The summed E-state index contributed by atoms with van der Waals surface area (Å²) in [7, 11) is 0. The lowest BCUT2D eigenvalue weighted by Gasteiger charge is -2.07. The largest absolute Gasteiger partial charge is 0.399 e. The molecule has 1 aromatic carbocycles. The molecule has 15 heavy (non-hydrogen) atoms. The minimum atomic E-state index is -4.07. The molecule has 0 unspecified atom stereocenters. The van der Waals surface area contributed by atoms with Gasteiger partial charge in [0, 0.05) is 16.3 Å². The molecule has 1 aromatic rings. The highest BCUT2D eigenvalue weighted by molar-refractivity contribution is 7.99. The van der Waals surface area contributed by atoms with Crippen molar-refractivity contribution >= 4 is 17.4 Å².